The summed E-state index contributed by atoms with van der Waals surface area (Å²) in [5, 5.41) is 3.07. The van der Waals surface area contributed by atoms with E-state index in [1.165, 1.54) is 25.1 Å². The topological polar surface area (TPSA) is 41.6 Å². The molecular formula is C16H21F3N2O2. The summed E-state index contributed by atoms with van der Waals surface area (Å²) >= 11 is 0. The van der Waals surface area contributed by atoms with Gasteiger partial charge in [0.1, 0.15) is 5.75 Å². The molecule has 0 unspecified atom stereocenters. The highest BCUT2D eigenvalue weighted by atomic mass is 19.4. The molecule has 1 aromatic rings. The Balaban J connectivity index is 2.02. The Hall–Kier alpha value is -1.76. The smallest absolute Gasteiger partial charge is 0.419 e. The highest BCUT2D eigenvalue weighted by Crippen LogP contribution is 2.36. The highest BCUT2D eigenvalue weighted by Gasteiger charge is 2.35. The molecule has 1 aromatic carbocycles. The fourth-order valence-corrected chi connectivity index (χ4v) is 2.79. The minimum absolute atomic E-state index is 0.277. The van der Waals surface area contributed by atoms with Crippen molar-refractivity contribution < 1.29 is 22.7 Å². The Morgan fingerprint density at radius 2 is 2.13 bits per heavy atom. The second-order valence-corrected chi connectivity index (χ2v) is 5.75. The number of rotatable bonds is 5. The van der Waals surface area contributed by atoms with Gasteiger partial charge in [0.15, 0.2) is 6.10 Å². The summed E-state index contributed by atoms with van der Waals surface area (Å²) in [4.78, 5) is 14.0. The molecule has 1 fully saturated rings. The van der Waals surface area contributed by atoms with Crippen molar-refractivity contribution in [3.63, 3.8) is 0 Å². The first-order chi connectivity index (χ1) is 10.8. The van der Waals surface area contributed by atoms with Crippen LogP contribution in [0.25, 0.3) is 0 Å². The number of para-hydroxylation sites is 1. The molecule has 7 heteroatoms. The zero-order valence-electron chi connectivity index (χ0n) is 13.2. The van der Waals surface area contributed by atoms with E-state index in [0.29, 0.717) is 19.0 Å². The van der Waals surface area contributed by atoms with E-state index in [1.54, 1.807) is 4.90 Å². The number of hydrogen-bond donors (Lipinski definition) is 1. The zero-order valence-corrected chi connectivity index (χ0v) is 13.2. The maximum atomic E-state index is 13.0. The fourth-order valence-electron chi connectivity index (χ4n) is 2.79. The number of nitrogens with zero attached hydrogens (tertiary/aromatic N) is 1. The molecule has 23 heavy (non-hydrogen) atoms. The number of likely N-dealkylation sites (tertiary alicyclic amines) is 1. The molecule has 1 N–H and O–H groups in total. The predicted molar refractivity (Wildman–Crippen MR) is 80.1 cm³/mol. The maximum Gasteiger partial charge on any atom is 0.419 e. The molecule has 1 heterocycles. The van der Waals surface area contributed by atoms with Crippen LogP contribution in [0.3, 0.4) is 0 Å². The molecule has 1 aliphatic heterocycles. The third-order valence-corrected chi connectivity index (χ3v) is 3.93. The van der Waals surface area contributed by atoms with Crippen LogP contribution in [0.1, 0.15) is 18.9 Å². The lowest BCUT2D eigenvalue weighted by Gasteiger charge is -2.23. The number of hydrogen-bond acceptors (Lipinski definition) is 3. The SMILES string of the molecule is CNC[C@H]1CCN(C(=O)[C@@H](C)Oc2ccccc2C(F)(F)F)C1. The van der Waals surface area contributed by atoms with Gasteiger partial charge >= 0.3 is 6.18 Å². The quantitative estimate of drug-likeness (QED) is 0.902. The average molecular weight is 330 g/mol. The van der Waals surface area contributed by atoms with E-state index in [9.17, 15) is 18.0 Å². The van der Waals surface area contributed by atoms with E-state index in [1.807, 2.05) is 7.05 Å². The molecule has 4 nitrogen and oxygen atoms in total. The summed E-state index contributed by atoms with van der Waals surface area (Å²) in [6.45, 7) is 3.52. The second kappa shape index (κ2) is 7.21. The van der Waals surface area contributed by atoms with Crippen LogP contribution in [0.2, 0.25) is 0 Å². The summed E-state index contributed by atoms with van der Waals surface area (Å²) < 4.78 is 44.2. The number of halogens is 3. The molecular weight excluding hydrogens is 309 g/mol. The van der Waals surface area contributed by atoms with Crippen molar-refractivity contribution in [2.24, 2.45) is 5.92 Å². The van der Waals surface area contributed by atoms with E-state index in [2.05, 4.69) is 5.32 Å². The first-order valence-corrected chi connectivity index (χ1v) is 7.59. The van der Waals surface area contributed by atoms with Crippen LogP contribution in [0.15, 0.2) is 24.3 Å². The van der Waals surface area contributed by atoms with Gasteiger partial charge < -0.3 is 15.0 Å². The van der Waals surface area contributed by atoms with Gasteiger partial charge in [-0.15, -0.1) is 0 Å². The van der Waals surface area contributed by atoms with Gasteiger partial charge in [-0.05, 0) is 45.0 Å². The zero-order chi connectivity index (χ0) is 17.0. The predicted octanol–water partition coefficient (Wildman–Crippen LogP) is 2.54. The van der Waals surface area contributed by atoms with Crippen molar-refractivity contribution >= 4 is 5.91 Å². The lowest BCUT2D eigenvalue weighted by Crippen LogP contribution is -2.39. The number of alkyl halides is 3. The standard InChI is InChI=1S/C16H21F3N2O2/c1-11(15(22)21-8-7-12(10-21)9-20-2)23-14-6-4-3-5-13(14)16(17,18)19/h3-6,11-12,20H,7-10H2,1-2H3/t11-,12-/m1/s1. The first-order valence-electron chi connectivity index (χ1n) is 7.59. The van der Waals surface area contributed by atoms with E-state index in [-0.39, 0.29) is 11.7 Å². The van der Waals surface area contributed by atoms with Crippen LogP contribution >= 0.6 is 0 Å². The van der Waals surface area contributed by atoms with Crippen molar-refractivity contribution in [1.29, 1.82) is 0 Å². The van der Waals surface area contributed by atoms with Gasteiger partial charge in [-0.25, -0.2) is 0 Å². The van der Waals surface area contributed by atoms with Crippen molar-refractivity contribution in [3.05, 3.63) is 29.8 Å². The summed E-state index contributed by atoms with van der Waals surface area (Å²) in [6.07, 6.45) is -4.57. The summed E-state index contributed by atoms with van der Waals surface area (Å²) in [7, 11) is 1.85. The van der Waals surface area contributed by atoms with Crippen LogP contribution in [0.4, 0.5) is 13.2 Å². The monoisotopic (exact) mass is 330 g/mol. The largest absolute Gasteiger partial charge is 0.480 e. The van der Waals surface area contributed by atoms with Crippen LogP contribution in [-0.4, -0.2) is 43.6 Å². The van der Waals surface area contributed by atoms with E-state index in [0.717, 1.165) is 19.0 Å². The van der Waals surface area contributed by atoms with Crippen LogP contribution in [-0.2, 0) is 11.0 Å². The summed E-state index contributed by atoms with van der Waals surface area (Å²) in [5.74, 6) is -0.217. The Bertz CT molecular complexity index is 548. The minimum Gasteiger partial charge on any atom is -0.480 e. The normalized spacial score (nSPS) is 19.7. The fraction of sp³-hybridized carbons (Fsp3) is 0.562. The van der Waals surface area contributed by atoms with Gasteiger partial charge in [-0.2, -0.15) is 13.2 Å². The molecule has 0 bridgehead atoms. The van der Waals surface area contributed by atoms with Gasteiger partial charge in [0.2, 0.25) is 0 Å². The highest BCUT2D eigenvalue weighted by molar-refractivity contribution is 5.81. The first kappa shape index (κ1) is 17.6. The second-order valence-electron chi connectivity index (χ2n) is 5.75. The van der Waals surface area contributed by atoms with Gasteiger partial charge in [0, 0.05) is 13.1 Å². The van der Waals surface area contributed by atoms with Crippen LogP contribution < -0.4 is 10.1 Å². The van der Waals surface area contributed by atoms with Gasteiger partial charge in [-0.1, -0.05) is 12.1 Å². The molecule has 2 atom stereocenters. The number of nitrogens with one attached hydrogen (secondary N) is 1. The van der Waals surface area contributed by atoms with Gasteiger partial charge in [0.05, 0.1) is 5.56 Å². The molecule has 0 radical (unpaired) electrons. The number of benzene rings is 1. The molecule has 0 aromatic heterocycles. The van der Waals surface area contributed by atoms with Gasteiger partial charge in [-0.3, -0.25) is 4.79 Å². The van der Waals surface area contributed by atoms with Crippen LogP contribution in [0.5, 0.6) is 5.75 Å². The molecule has 2 rings (SSSR count). The van der Waals surface area contributed by atoms with Crippen molar-refractivity contribution in [2.45, 2.75) is 25.6 Å². The molecule has 128 valence electrons. The molecule has 0 aliphatic carbocycles. The van der Waals surface area contributed by atoms with Crippen molar-refractivity contribution in [1.82, 2.24) is 10.2 Å². The average Bonchev–Trinajstić information content (AvgIpc) is 2.95. The third kappa shape index (κ3) is 4.37. The number of carbonyl (C=O) groups is 1. The maximum absolute atomic E-state index is 13.0. The Labute approximate surface area is 133 Å². The molecule has 1 amide bonds. The summed E-state index contributed by atoms with van der Waals surface area (Å²) in [5.41, 5.74) is -0.867. The number of ether oxygens (including phenoxy) is 1. The minimum atomic E-state index is -4.51. The lowest BCUT2D eigenvalue weighted by molar-refractivity contribution is -0.143. The number of carbonyl (C=O) groups excluding carboxylic acids is 1. The van der Waals surface area contributed by atoms with Crippen molar-refractivity contribution in [3.8, 4) is 5.75 Å². The van der Waals surface area contributed by atoms with E-state index >= 15 is 0 Å². The molecule has 1 saturated heterocycles. The van der Waals surface area contributed by atoms with Gasteiger partial charge in [0.25, 0.3) is 5.91 Å². The lowest BCUT2D eigenvalue weighted by atomic mass is 10.1. The third-order valence-electron chi connectivity index (χ3n) is 3.93. The Morgan fingerprint density at radius 3 is 2.78 bits per heavy atom. The Morgan fingerprint density at radius 1 is 1.43 bits per heavy atom. The number of amides is 1. The molecule has 1 aliphatic rings. The summed E-state index contributed by atoms with van der Waals surface area (Å²) in [6, 6.07) is 4.94. The Kier molecular flexibility index (Phi) is 5.51. The van der Waals surface area contributed by atoms with Crippen molar-refractivity contribution in [2.75, 3.05) is 26.7 Å². The van der Waals surface area contributed by atoms with E-state index < -0.39 is 17.8 Å². The van der Waals surface area contributed by atoms with Crippen LogP contribution in [0, 0.1) is 5.92 Å². The van der Waals surface area contributed by atoms with E-state index in [4.69, 9.17) is 4.74 Å². The molecule has 0 spiro atoms. The molecule has 0 saturated carbocycles.